The summed E-state index contributed by atoms with van der Waals surface area (Å²) in [7, 11) is 0. The highest BCUT2D eigenvalue weighted by atomic mass is 16.2. The van der Waals surface area contributed by atoms with Crippen molar-refractivity contribution in [3.63, 3.8) is 0 Å². The summed E-state index contributed by atoms with van der Waals surface area (Å²) < 4.78 is 1.55. The second kappa shape index (κ2) is 7.59. The van der Waals surface area contributed by atoms with Gasteiger partial charge in [-0.25, -0.2) is 4.68 Å². The van der Waals surface area contributed by atoms with E-state index < -0.39 is 0 Å². The van der Waals surface area contributed by atoms with Crippen LogP contribution in [0, 0.1) is 0 Å². The normalized spacial score (nSPS) is 10.3. The highest BCUT2D eigenvalue weighted by Gasteiger charge is 2.23. The molecule has 2 amide bonds. The summed E-state index contributed by atoms with van der Waals surface area (Å²) in [4.78, 5) is 26.5. The van der Waals surface area contributed by atoms with Gasteiger partial charge in [0, 0.05) is 18.7 Å². The number of nitrogens with one attached hydrogen (secondary N) is 1. The molecule has 0 fully saturated rings. The Kier molecular flexibility index (Phi) is 5.52. The van der Waals surface area contributed by atoms with Crippen LogP contribution in [0.4, 0.5) is 5.82 Å². The Bertz CT molecular complexity index is 746. The van der Waals surface area contributed by atoms with Crippen molar-refractivity contribution < 1.29 is 9.59 Å². The molecule has 0 atom stereocenters. The van der Waals surface area contributed by atoms with Crippen LogP contribution < -0.4 is 5.32 Å². The van der Waals surface area contributed by atoms with Gasteiger partial charge in [0.25, 0.3) is 11.8 Å². The van der Waals surface area contributed by atoms with E-state index in [1.54, 1.807) is 16.5 Å². The van der Waals surface area contributed by atoms with Gasteiger partial charge in [0.15, 0.2) is 0 Å². The van der Waals surface area contributed by atoms with E-state index in [1.165, 1.54) is 6.20 Å². The first kappa shape index (κ1) is 17.5. The summed E-state index contributed by atoms with van der Waals surface area (Å²) in [6.45, 7) is 10.2. The number of amides is 2. The summed E-state index contributed by atoms with van der Waals surface area (Å²) in [5.41, 5.74) is 1.47. The fourth-order valence-corrected chi connectivity index (χ4v) is 2.29. The number of nitrogens with zero attached hydrogens (tertiary/aromatic N) is 3. The van der Waals surface area contributed by atoms with E-state index in [4.69, 9.17) is 0 Å². The minimum Gasteiger partial charge on any atom is -0.339 e. The number of hydrogen-bond acceptors (Lipinski definition) is 3. The van der Waals surface area contributed by atoms with Crippen molar-refractivity contribution in [2.24, 2.45) is 0 Å². The number of rotatable bonds is 6. The molecule has 24 heavy (non-hydrogen) atoms. The zero-order valence-electron chi connectivity index (χ0n) is 14.2. The number of carbonyl (C=O) groups is 2. The summed E-state index contributed by atoms with van der Waals surface area (Å²) >= 11 is 0. The number of anilines is 1. The molecule has 6 heteroatoms. The van der Waals surface area contributed by atoms with E-state index in [0.29, 0.717) is 30.0 Å². The molecule has 2 aromatic rings. The van der Waals surface area contributed by atoms with Crippen molar-refractivity contribution in [3.05, 3.63) is 54.2 Å². The van der Waals surface area contributed by atoms with Crippen molar-refractivity contribution in [1.29, 1.82) is 0 Å². The number of carbonyl (C=O) groups excluding carboxylic acids is 2. The molecule has 0 aliphatic heterocycles. The topological polar surface area (TPSA) is 67.2 Å². The molecule has 126 valence electrons. The van der Waals surface area contributed by atoms with Gasteiger partial charge >= 0.3 is 0 Å². The lowest BCUT2D eigenvalue weighted by molar-refractivity contribution is -0.112. The van der Waals surface area contributed by atoms with E-state index >= 15 is 0 Å². The highest BCUT2D eigenvalue weighted by Crippen LogP contribution is 2.22. The van der Waals surface area contributed by atoms with Crippen molar-refractivity contribution in [1.82, 2.24) is 14.7 Å². The molecular weight excluding hydrogens is 304 g/mol. The maximum atomic E-state index is 12.7. The molecule has 2 rings (SSSR count). The Morgan fingerprint density at radius 3 is 2.38 bits per heavy atom. The predicted molar refractivity (Wildman–Crippen MR) is 94.3 cm³/mol. The fraction of sp³-hybridized carbons (Fsp3) is 0.278. The standard InChI is InChI=1S/C18H22N4O2/c1-5-21(6-2)18(24)15-12-19-22(14-10-8-7-9-11-14)16(15)20-17(23)13(3)4/h7-12H,3,5-6H2,1-2,4H3,(H,20,23). The Morgan fingerprint density at radius 1 is 1.21 bits per heavy atom. The summed E-state index contributed by atoms with van der Waals surface area (Å²) in [6.07, 6.45) is 1.49. The molecule has 1 aromatic heterocycles. The molecule has 0 radical (unpaired) electrons. The first-order valence-corrected chi connectivity index (χ1v) is 7.89. The molecule has 0 saturated heterocycles. The molecule has 0 unspecified atom stereocenters. The Balaban J connectivity index is 2.52. The van der Waals surface area contributed by atoms with Gasteiger partial charge in [-0.2, -0.15) is 5.10 Å². The third kappa shape index (κ3) is 3.53. The number of benzene rings is 1. The van der Waals surface area contributed by atoms with Crippen LogP contribution in [0.1, 0.15) is 31.1 Å². The van der Waals surface area contributed by atoms with Crippen molar-refractivity contribution in [2.75, 3.05) is 18.4 Å². The van der Waals surface area contributed by atoms with Gasteiger partial charge < -0.3 is 10.2 Å². The first-order chi connectivity index (χ1) is 11.5. The van der Waals surface area contributed by atoms with E-state index in [-0.39, 0.29) is 11.8 Å². The Hall–Kier alpha value is -2.89. The van der Waals surface area contributed by atoms with Crippen LogP contribution in [0.2, 0.25) is 0 Å². The number of para-hydroxylation sites is 1. The van der Waals surface area contributed by atoms with Crippen LogP contribution in [0.3, 0.4) is 0 Å². The lowest BCUT2D eigenvalue weighted by Gasteiger charge is -2.19. The average Bonchev–Trinajstić information content (AvgIpc) is 3.00. The molecule has 0 bridgehead atoms. The van der Waals surface area contributed by atoms with Crippen molar-refractivity contribution >= 4 is 17.6 Å². The van der Waals surface area contributed by atoms with Crippen molar-refractivity contribution in [3.8, 4) is 5.69 Å². The van der Waals surface area contributed by atoms with Gasteiger partial charge in [-0.1, -0.05) is 24.8 Å². The van der Waals surface area contributed by atoms with Crippen LogP contribution >= 0.6 is 0 Å². The van der Waals surface area contributed by atoms with E-state index in [9.17, 15) is 9.59 Å². The zero-order chi connectivity index (χ0) is 17.7. The molecule has 6 nitrogen and oxygen atoms in total. The number of hydrogen-bond donors (Lipinski definition) is 1. The fourth-order valence-electron chi connectivity index (χ4n) is 2.29. The first-order valence-electron chi connectivity index (χ1n) is 7.89. The van der Waals surface area contributed by atoms with Crippen LogP contribution in [-0.2, 0) is 4.79 Å². The maximum absolute atomic E-state index is 12.7. The largest absolute Gasteiger partial charge is 0.339 e. The molecule has 1 heterocycles. The van der Waals surface area contributed by atoms with Crippen LogP contribution in [0.25, 0.3) is 5.69 Å². The second-order valence-corrected chi connectivity index (χ2v) is 5.37. The van der Waals surface area contributed by atoms with Gasteiger partial charge in [-0.05, 0) is 32.9 Å². The SMILES string of the molecule is C=C(C)C(=O)Nc1c(C(=O)N(CC)CC)cnn1-c1ccccc1. The average molecular weight is 326 g/mol. The minimum atomic E-state index is -0.346. The Labute approximate surface area is 141 Å². The number of aromatic nitrogens is 2. The summed E-state index contributed by atoms with van der Waals surface area (Å²) in [5.74, 6) is -0.161. The van der Waals surface area contributed by atoms with E-state index in [1.807, 2.05) is 44.2 Å². The quantitative estimate of drug-likeness (QED) is 0.830. The lowest BCUT2D eigenvalue weighted by atomic mass is 10.2. The molecule has 0 aliphatic carbocycles. The van der Waals surface area contributed by atoms with E-state index in [0.717, 1.165) is 5.69 Å². The van der Waals surface area contributed by atoms with Gasteiger partial charge in [0.2, 0.25) is 0 Å². The molecular formula is C18H22N4O2. The summed E-state index contributed by atoms with van der Waals surface area (Å²) in [5, 5.41) is 7.05. The van der Waals surface area contributed by atoms with Crippen LogP contribution in [0.15, 0.2) is 48.7 Å². The Morgan fingerprint density at radius 2 is 1.83 bits per heavy atom. The van der Waals surface area contributed by atoms with Crippen LogP contribution in [0.5, 0.6) is 0 Å². The maximum Gasteiger partial charge on any atom is 0.259 e. The van der Waals surface area contributed by atoms with E-state index in [2.05, 4.69) is 17.0 Å². The van der Waals surface area contributed by atoms with Gasteiger partial charge in [-0.15, -0.1) is 0 Å². The van der Waals surface area contributed by atoms with Gasteiger partial charge in [0.1, 0.15) is 11.4 Å². The van der Waals surface area contributed by atoms with Gasteiger partial charge in [-0.3, -0.25) is 9.59 Å². The predicted octanol–water partition coefficient (Wildman–Crippen LogP) is 2.87. The van der Waals surface area contributed by atoms with Gasteiger partial charge in [0.05, 0.1) is 11.9 Å². The second-order valence-electron chi connectivity index (χ2n) is 5.37. The van der Waals surface area contributed by atoms with Crippen molar-refractivity contribution in [2.45, 2.75) is 20.8 Å². The molecule has 1 N–H and O–H groups in total. The lowest BCUT2D eigenvalue weighted by Crippen LogP contribution is -2.31. The van der Waals surface area contributed by atoms with Crippen LogP contribution in [-0.4, -0.2) is 39.6 Å². The minimum absolute atomic E-state index is 0.167. The third-order valence-corrected chi connectivity index (χ3v) is 3.67. The smallest absolute Gasteiger partial charge is 0.259 e. The third-order valence-electron chi connectivity index (χ3n) is 3.67. The molecule has 0 saturated carbocycles. The zero-order valence-corrected chi connectivity index (χ0v) is 14.2. The monoisotopic (exact) mass is 326 g/mol. The highest BCUT2D eigenvalue weighted by molar-refractivity contribution is 6.07. The molecule has 0 aliphatic rings. The molecule has 1 aromatic carbocycles. The summed E-state index contributed by atoms with van der Waals surface area (Å²) in [6, 6.07) is 9.34. The molecule has 0 spiro atoms.